The molecule has 23 heavy (non-hydrogen) atoms. The number of thiocarbonyl (C=S) groups is 1. The van der Waals surface area contributed by atoms with E-state index in [9.17, 15) is 0 Å². The fourth-order valence-corrected chi connectivity index (χ4v) is 2.66. The number of aryl methyl sites for hydroxylation is 2. The topological polar surface area (TPSA) is 60.3 Å². The summed E-state index contributed by atoms with van der Waals surface area (Å²) in [4.78, 5) is 0. The first-order chi connectivity index (χ1) is 10.9. The molecule has 7 heteroatoms. The van der Waals surface area contributed by atoms with Crippen LogP contribution >= 0.6 is 12.2 Å². The summed E-state index contributed by atoms with van der Waals surface area (Å²) in [7, 11) is 5.13. The van der Waals surface area contributed by atoms with Gasteiger partial charge in [0, 0.05) is 42.7 Å². The van der Waals surface area contributed by atoms with Gasteiger partial charge in [0.25, 0.3) is 0 Å². The number of methoxy groups -OCH3 is 2. The number of ether oxygens (including phenoxy) is 2. The monoisotopic (exact) mass is 334 g/mol. The van der Waals surface area contributed by atoms with Gasteiger partial charge in [-0.3, -0.25) is 4.68 Å². The highest BCUT2D eigenvalue weighted by atomic mass is 32.1. The largest absolute Gasteiger partial charge is 0.497 e. The Morgan fingerprint density at radius 1 is 1.22 bits per heavy atom. The lowest BCUT2D eigenvalue weighted by Crippen LogP contribution is -2.31. The minimum Gasteiger partial charge on any atom is -0.497 e. The second kappa shape index (κ2) is 7.32. The molecule has 1 atom stereocenters. The number of benzene rings is 1. The average Bonchev–Trinajstić information content (AvgIpc) is 2.85. The van der Waals surface area contributed by atoms with E-state index in [1.807, 2.05) is 45.3 Å². The molecule has 0 radical (unpaired) electrons. The molecule has 0 aliphatic rings. The molecular weight excluding hydrogens is 312 g/mol. The molecule has 0 amide bonds. The van der Waals surface area contributed by atoms with Crippen molar-refractivity contribution in [2.45, 2.75) is 19.9 Å². The smallest absolute Gasteiger partial charge is 0.171 e. The molecule has 0 fully saturated rings. The van der Waals surface area contributed by atoms with E-state index in [-0.39, 0.29) is 6.04 Å². The van der Waals surface area contributed by atoms with Gasteiger partial charge < -0.3 is 20.1 Å². The zero-order chi connectivity index (χ0) is 17.0. The van der Waals surface area contributed by atoms with Gasteiger partial charge in [0.05, 0.1) is 26.0 Å². The summed E-state index contributed by atoms with van der Waals surface area (Å²) in [5.74, 6) is 1.40. The van der Waals surface area contributed by atoms with E-state index in [0.29, 0.717) is 16.6 Å². The van der Waals surface area contributed by atoms with Crippen LogP contribution in [0.4, 0.5) is 5.69 Å². The summed E-state index contributed by atoms with van der Waals surface area (Å²) in [5.41, 5.74) is 2.90. The third kappa shape index (κ3) is 4.35. The Morgan fingerprint density at radius 3 is 2.30 bits per heavy atom. The highest BCUT2D eigenvalue weighted by Crippen LogP contribution is 2.26. The first-order valence-electron chi connectivity index (χ1n) is 7.23. The van der Waals surface area contributed by atoms with Crippen LogP contribution in [0.15, 0.2) is 24.4 Å². The van der Waals surface area contributed by atoms with Crippen LogP contribution in [0, 0.1) is 6.92 Å². The number of hydrogen-bond donors (Lipinski definition) is 2. The molecule has 124 valence electrons. The minimum absolute atomic E-state index is 0.0520. The molecule has 2 N–H and O–H groups in total. The molecule has 0 spiro atoms. The van der Waals surface area contributed by atoms with E-state index in [0.717, 1.165) is 16.9 Å². The van der Waals surface area contributed by atoms with Gasteiger partial charge in [0.1, 0.15) is 11.5 Å². The lowest BCUT2D eigenvalue weighted by atomic mass is 10.1. The van der Waals surface area contributed by atoms with Gasteiger partial charge in [-0.05, 0) is 26.1 Å². The number of rotatable bonds is 5. The molecular formula is C16H22N4O2S. The molecule has 0 unspecified atom stereocenters. The predicted octanol–water partition coefficient (Wildman–Crippen LogP) is 2.79. The Balaban J connectivity index is 2.06. The van der Waals surface area contributed by atoms with Gasteiger partial charge in [0.2, 0.25) is 0 Å². The van der Waals surface area contributed by atoms with E-state index in [2.05, 4.69) is 15.7 Å². The molecule has 2 aromatic rings. The normalized spacial score (nSPS) is 11.7. The Labute approximate surface area is 141 Å². The van der Waals surface area contributed by atoms with Crippen molar-refractivity contribution in [3.8, 4) is 11.5 Å². The standard InChI is InChI=1S/C16H22N4O2S/c1-10(15-9-20(3)19-11(15)2)17-16(23)18-12-6-13(21-4)8-14(7-12)22-5/h6-10H,1-5H3,(H2,17,18,23)/t10-/m0/s1. The maximum Gasteiger partial charge on any atom is 0.171 e. The maximum atomic E-state index is 5.39. The zero-order valence-corrected chi connectivity index (χ0v) is 14.8. The van der Waals surface area contributed by atoms with Crippen molar-refractivity contribution < 1.29 is 9.47 Å². The Bertz CT molecular complexity index is 677. The van der Waals surface area contributed by atoms with Crippen LogP contribution < -0.4 is 20.1 Å². The SMILES string of the molecule is COc1cc(NC(=S)N[C@@H](C)c2cn(C)nc2C)cc(OC)c1. The van der Waals surface area contributed by atoms with Crippen molar-refractivity contribution in [1.29, 1.82) is 0 Å². The van der Waals surface area contributed by atoms with Crippen LogP contribution in [0.3, 0.4) is 0 Å². The molecule has 0 saturated carbocycles. The van der Waals surface area contributed by atoms with Crippen LogP contribution in [0.5, 0.6) is 11.5 Å². The first kappa shape index (κ1) is 17.1. The molecule has 2 rings (SSSR count). The van der Waals surface area contributed by atoms with E-state index >= 15 is 0 Å². The highest BCUT2D eigenvalue weighted by Gasteiger charge is 2.13. The number of anilines is 1. The summed E-state index contributed by atoms with van der Waals surface area (Å²) in [6.07, 6.45) is 1.99. The molecule has 1 aromatic carbocycles. The molecule has 1 aromatic heterocycles. The summed E-state index contributed by atoms with van der Waals surface area (Å²) in [6, 6.07) is 5.58. The van der Waals surface area contributed by atoms with Crippen LogP contribution in [-0.4, -0.2) is 29.1 Å². The Hall–Kier alpha value is -2.28. The van der Waals surface area contributed by atoms with Gasteiger partial charge in [-0.15, -0.1) is 0 Å². The second-order valence-electron chi connectivity index (χ2n) is 5.27. The van der Waals surface area contributed by atoms with Gasteiger partial charge in [-0.2, -0.15) is 5.10 Å². The number of nitrogens with one attached hydrogen (secondary N) is 2. The van der Waals surface area contributed by atoms with Crippen molar-refractivity contribution in [2.24, 2.45) is 7.05 Å². The summed E-state index contributed by atoms with van der Waals surface area (Å²) in [6.45, 7) is 4.03. The van der Waals surface area contributed by atoms with Crippen LogP contribution in [-0.2, 0) is 7.05 Å². The third-order valence-electron chi connectivity index (χ3n) is 3.47. The average molecular weight is 334 g/mol. The van der Waals surface area contributed by atoms with Crippen molar-refractivity contribution in [1.82, 2.24) is 15.1 Å². The van der Waals surface area contributed by atoms with E-state index in [4.69, 9.17) is 21.7 Å². The molecule has 0 aliphatic heterocycles. The first-order valence-corrected chi connectivity index (χ1v) is 7.64. The molecule has 0 bridgehead atoms. The number of nitrogens with zero attached hydrogens (tertiary/aromatic N) is 2. The summed E-state index contributed by atoms with van der Waals surface area (Å²) in [5, 5.41) is 11.3. The fraction of sp³-hybridized carbons (Fsp3) is 0.375. The van der Waals surface area contributed by atoms with Gasteiger partial charge in [-0.25, -0.2) is 0 Å². The summed E-state index contributed by atoms with van der Waals surface area (Å²) < 4.78 is 12.3. The van der Waals surface area contributed by atoms with Crippen molar-refractivity contribution >= 4 is 23.0 Å². The predicted molar refractivity (Wildman–Crippen MR) is 95.3 cm³/mol. The van der Waals surface area contributed by atoms with Gasteiger partial charge in [0.15, 0.2) is 5.11 Å². The van der Waals surface area contributed by atoms with Gasteiger partial charge >= 0.3 is 0 Å². The van der Waals surface area contributed by atoms with Crippen molar-refractivity contribution in [3.05, 3.63) is 35.7 Å². The molecule has 6 nitrogen and oxygen atoms in total. The lowest BCUT2D eigenvalue weighted by molar-refractivity contribution is 0.395. The van der Waals surface area contributed by atoms with E-state index < -0.39 is 0 Å². The Kier molecular flexibility index (Phi) is 5.44. The lowest BCUT2D eigenvalue weighted by Gasteiger charge is -2.17. The summed E-state index contributed by atoms with van der Waals surface area (Å²) >= 11 is 5.39. The number of aromatic nitrogens is 2. The fourth-order valence-electron chi connectivity index (χ4n) is 2.36. The molecule has 1 heterocycles. The highest BCUT2D eigenvalue weighted by molar-refractivity contribution is 7.80. The van der Waals surface area contributed by atoms with Crippen molar-refractivity contribution in [2.75, 3.05) is 19.5 Å². The number of hydrogen-bond acceptors (Lipinski definition) is 4. The third-order valence-corrected chi connectivity index (χ3v) is 3.69. The maximum absolute atomic E-state index is 5.39. The second-order valence-corrected chi connectivity index (χ2v) is 5.67. The molecule has 0 saturated heterocycles. The zero-order valence-electron chi connectivity index (χ0n) is 14.0. The van der Waals surface area contributed by atoms with E-state index in [1.54, 1.807) is 18.9 Å². The van der Waals surface area contributed by atoms with Crippen LogP contribution in [0.2, 0.25) is 0 Å². The van der Waals surface area contributed by atoms with Crippen LogP contribution in [0.25, 0.3) is 0 Å². The van der Waals surface area contributed by atoms with Crippen LogP contribution in [0.1, 0.15) is 24.2 Å². The Morgan fingerprint density at radius 2 is 1.83 bits per heavy atom. The van der Waals surface area contributed by atoms with Crippen molar-refractivity contribution in [3.63, 3.8) is 0 Å². The molecule has 0 aliphatic carbocycles. The quantitative estimate of drug-likeness (QED) is 0.820. The van der Waals surface area contributed by atoms with E-state index in [1.165, 1.54) is 0 Å². The minimum atomic E-state index is 0.0520. The van der Waals surface area contributed by atoms with Gasteiger partial charge in [-0.1, -0.05) is 0 Å².